The van der Waals surface area contributed by atoms with Crippen LogP contribution in [0.5, 0.6) is 0 Å². The van der Waals surface area contributed by atoms with E-state index in [4.69, 9.17) is 37.0 Å². The molecule has 0 aliphatic carbocycles. The van der Waals surface area contributed by atoms with Gasteiger partial charge in [0, 0.05) is 25.7 Å². The van der Waals surface area contributed by atoms with E-state index in [0.29, 0.717) is 25.7 Å². The van der Waals surface area contributed by atoms with E-state index in [1.165, 1.54) is 276 Å². The van der Waals surface area contributed by atoms with E-state index in [1.54, 1.807) is 0 Å². The van der Waals surface area contributed by atoms with Crippen LogP contribution in [0.4, 0.5) is 0 Å². The predicted octanol–water partition coefficient (Wildman–Crippen LogP) is 26.9. The molecule has 0 heterocycles. The Hall–Kier alpha value is -1.94. The maximum Gasteiger partial charge on any atom is 0.472 e. The number of phosphoric ester groups is 2. The van der Waals surface area contributed by atoms with E-state index in [9.17, 15) is 43.2 Å². The molecule has 0 aromatic rings. The number of hydrogen-bond donors (Lipinski definition) is 3. The Morgan fingerprint density at radius 2 is 0.430 bits per heavy atom. The van der Waals surface area contributed by atoms with Gasteiger partial charge in [0.2, 0.25) is 0 Å². The Morgan fingerprint density at radius 1 is 0.252 bits per heavy atom. The average molecular weight is 1560 g/mol. The van der Waals surface area contributed by atoms with Gasteiger partial charge in [0.15, 0.2) is 12.2 Å². The fourth-order valence-corrected chi connectivity index (χ4v) is 15.3. The van der Waals surface area contributed by atoms with E-state index in [0.717, 1.165) is 108 Å². The number of phosphoric acid groups is 2. The summed E-state index contributed by atoms with van der Waals surface area (Å²) in [4.78, 5) is 73.3. The topological polar surface area (TPSA) is 237 Å². The zero-order chi connectivity index (χ0) is 78.6. The number of carbonyl (C=O) groups is 4. The Balaban J connectivity index is 5.23. The summed E-state index contributed by atoms with van der Waals surface area (Å²) in [6.07, 6.45) is 69.6. The molecule has 17 nitrogen and oxygen atoms in total. The molecule has 0 amide bonds. The summed E-state index contributed by atoms with van der Waals surface area (Å²) in [5.74, 6) is 0.217. The molecule has 2 unspecified atom stereocenters. The van der Waals surface area contributed by atoms with Crippen LogP contribution in [0, 0.1) is 17.8 Å². The molecule has 0 saturated carbocycles. The molecule has 0 aliphatic rings. The molecule has 19 heteroatoms. The third kappa shape index (κ3) is 81.9. The first kappa shape index (κ1) is 105. The molecule has 5 atom stereocenters. The summed E-state index contributed by atoms with van der Waals surface area (Å²) < 4.78 is 69.0. The summed E-state index contributed by atoms with van der Waals surface area (Å²) in [5, 5.41) is 10.7. The number of carbonyl (C=O) groups excluding carboxylic acids is 4. The van der Waals surface area contributed by atoms with Crippen LogP contribution in [0.1, 0.15) is 466 Å². The van der Waals surface area contributed by atoms with Gasteiger partial charge in [-0.05, 0) is 43.4 Å². The van der Waals surface area contributed by atoms with Crippen molar-refractivity contribution < 1.29 is 80.2 Å². The Kier molecular flexibility index (Phi) is 76.6. The Labute approximate surface area is 658 Å². The van der Waals surface area contributed by atoms with Crippen molar-refractivity contribution in [1.29, 1.82) is 0 Å². The van der Waals surface area contributed by atoms with Crippen LogP contribution in [0.15, 0.2) is 0 Å². The lowest BCUT2D eigenvalue weighted by molar-refractivity contribution is -0.161. The lowest BCUT2D eigenvalue weighted by Crippen LogP contribution is -2.30. The van der Waals surface area contributed by atoms with Crippen LogP contribution < -0.4 is 0 Å². The molecular formula is C88H172O17P2. The highest BCUT2D eigenvalue weighted by molar-refractivity contribution is 7.47. The molecule has 0 aromatic carbocycles. The van der Waals surface area contributed by atoms with Crippen molar-refractivity contribution >= 4 is 39.5 Å². The second-order valence-corrected chi connectivity index (χ2v) is 36.0. The summed E-state index contributed by atoms with van der Waals surface area (Å²) in [6.45, 7) is 12.0. The minimum atomic E-state index is -4.97. The van der Waals surface area contributed by atoms with Crippen LogP contribution in [0.2, 0.25) is 0 Å². The average Bonchev–Trinajstić information content (AvgIpc) is 0.903. The van der Waals surface area contributed by atoms with E-state index in [-0.39, 0.29) is 25.7 Å². The van der Waals surface area contributed by atoms with Crippen molar-refractivity contribution in [3.8, 4) is 0 Å². The molecule has 636 valence electrons. The standard InChI is InChI=1S/C88H172O17P2/c1-8-9-10-11-12-13-14-15-16-17-18-19-20-21-22-23-31-36-41-50-57-64-71-87(92)104-83(75-98-85(90)69-62-55-48-40-35-30-26-24-28-33-38-45-52-59-66-79(2)3)77-102-106(94,95)100-73-82(89)74-101-107(96,97)103-78-84(76-99-86(91)70-63-56-49-44-43-47-54-61-68-81(6)7)105-88(93)72-65-58-51-42-37-32-27-25-29-34-39-46-53-60-67-80(4)5/h79-84,89H,8-78H2,1-7H3,(H,94,95)(H,96,97)/t82-,83-,84-/m1/s1. The number of aliphatic hydroxyl groups is 1. The van der Waals surface area contributed by atoms with Crippen LogP contribution in [0.25, 0.3) is 0 Å². The summed E-state index contributed by atoms with van der Waals surface area (Å²) in [6, 6.07) is 0. The molecule has 0 spiro atoms. The highest BCUT2D eigenvalue weighted by Gasteiger charge is 2.31. The van der Waals surface area contributed by atoms with E-state index in [2.05, 4.69) is 48.5 Å². The van der Waals surface area contributed by atoms with Crippen molar-refractivity contribution in [1.82, 2.24) is 0 Å². The van der Waals surface area contributed by atoms with Gasteiger partial charge in [-0.3, -0.25) is 37.3 Å². The molecule has 0 rings (SSSR count). The number of unbranched alkanes of at least 4 members (excludes halogenated alkanes) is 54. The zero-order valence-electron chi connectivity index (χ0n) is 70.6. The van der Waals surface area contributed by atoms with Gasteiger partial charge in [-0.2, -0.15) is 0 Å². The van der Waals surface area contributed by atoms with Gasteiger partial charge in [0.05, 0.1) is 26.4 Å². The maximum absolute atomic E-state index is 13.2. The Morgan fingerprint density at radius 3 is 0.636 bits per heavy atom. The highest BCUT2D eigenvalue weighted by Crippen LogP contribution is 2.45. The molecule has 0 aromatic heterocycles. The van der Waals surface area contributed by atoms with Gasteiger partial charge < -0.3 is 33.8 Å². The normalized spacial score (nSPS) is 13.8. The second-order valence-electron chi connectivity index (χ2n) is 33.1. The van der Waals surface area contributed by atoms with Crippen LogP contribution >= 0.6 is 15.6 Å². The van der Waals surface area contributed by atoms with E-state index >= 15 is 0 Å². The van der Waals surface area contributed by atoms with Crippen molar-refractivity contribution in [3.05, 3.63) is 0 Å². The molecule has 0 bridgehead atoms. The number of ether oxygens (including phenoxy) is 4. The van der Waals surface area contributed by atoms with Gasteiger partial charge in [-0.25, -0.2) is 9.13 Å². The molecule has 0 fully saturated rings. The van der Waals surface area contributed by atoms with Crippen molar-refractivity contribution in [2.24, 2.45) is 17.8 Å². The lowest BCUT2D eigenvalue weighted by atomic mass is 10.0. The minimum absolute atomic E-state index is 0.107. The van der Waals surface area contributed by atoms with E-state index < -0.39 is 97.5 Å². The van der Waals surface area contributed by atoms with Crippen molar-refractivity contribution in [2.75, 3.05) is 39.6 Å². The molecule has 107 heavy (non-hydrogen) atoms. The number of aliphatic hydroxyl groups excluding tert-OH is 1. The zero-order valence-corrected chi connectivity index (χ0v) is 72.4. The minimum Gasteiger partial charge on any atom is -0.462 e. The monoisotopic (exact) mass is 1560 g/mol. The first-order chi connectivity index (χ1) is 51.7. The SMILES string of the molecule is CCCCCCCCCCCCCCCCCCCCCCCCC(=O)O[C@H](COC(=O)CCCCCCCCCCCCCCCCC(C)C)COP(=O)(O)OC[C@@H](O)COP(=O)(O)OC[C@@H](COC(=O)CCCCCCCCCCC(C)C)OC(=O)CCCCCCCCCCCCCCCCC(C)C. The highest BCUT2D eigenvalue weighted by atomic mass is 31.2. The second kappa shape index (κ2) is 78.0. The maximum atomic E-state index is 13.2. The van der Waals surface area contributed by atoms with Gasteiger partial charge in [-0.15, -0.1) is 0 Å². The van der Waals surface area contributed by atoms with Crippen LogP contribution in [0.3, 0.4) is 0 Å². The fraction of sp³-hybridized carbons (Fsp3) is 0.955. The molecule has 0 aliphatic heterocycles. The lowest BCUT2D eigenvalue weighted by Gasteiger charge is -2.21. The number of esters is 4. The Bertz CT molecular complexity index is 2060. The van der Waals surface area contributed by atoms with Crippen LogP contribution in [-0.4, -0.2) is 96.7 Å². The largest absolute Gasteiger partial charge is 0.472 e. The first-order valence-electron chi connectivity index (χ1n) is 45.3. The van der Waals surface area contributed by atoms with Gasteiger partial charge in [0.25, 0.3) is 0 Å². The third-order valence-corrected chi connectivity index (χ3v) is 22.5. The molecular weight excluding hydrogens is 1390 g/mol. The van der Waals surface area contributed by atoms with Gasteiger partial charge >= 0.3 is 39.5 Å². The summed E-state index contributed by atoms with van der Waals surface area (Å²) in [5.41, 5.74) is 0. The number of hydrogen-bond acceptors (Lipinski definition) is 15. The fourth-order valence-electron chi connectivity index (χ4n) is 13.7. The van der Waals surface area contributed by atoms with Gasteiger partial charge in [-0.1, -0.05) is 414 Å². The summed E-state index contributed by atoms with van der Waals surface area (Å²) in [7, 11) is -9.93. The first-order valence-corrected chi connectivity index (χ1v) is 48.3. The predicted molar refractivity (Wildman–Crippen MR) is 441 cm³/mol. The molecule has 0 saturated heterocycles. The smallest absolute Gasteiger partial charge is 0.462 e. The van der Waals surface area contributed by atoms with Gasteiger partial charge in [0.1, 0.15) is 19.3 Å². The third-order valence-electron chi connectivity index (χ3n) is 20.6. The molecule has 0 radical (unpaired) electrons. The number of rotatable bonds is 86. The van der Waals surface area contributed by atoms with E-state index in [1.807, 2.05) is 0 Å². The van der Waals surface area contributed by atoms with Crippen molar-refractivity contribution in [3.63, 3.8) is 0 Å². The summed E-state index contributed by atoms with van der Waals surface area (Å²) >= 11 is 0. The molecule has 3 N–H and O–H groups in total. The quantitative estimate of drug-likeness (QED) is 0.0222. The van der Waals surface area contributed by atoms with Crippen LogP contribution in [-0.2, 0) is 65.4 Å². The van der Waals surface area contributed by atoms with Crippen molar-refractivity contribution in [2.45, 2.75) is 484 Å².